The molecule has 0 amide bonds. The lowest BCUT2D eigenvalue weighted by molar-refractivity contribution is 0.0340. The van der Waals surface area contributed by atoms with Crippen molar-refractivity contribution in [3.05, 3.63) is 16.6 Å². The summed E-state index contributed by atoms with van der Waals surface area (Å²) in [5.41, 5.74) is 0.800. The average Bonchev–Trinajstić information content (AvgIpc) is 2.67. The van der Waals surface area contributed by atoms with Crippen LogP contribution >= 0.6 is 11.5 Å². The van der Waals surface area contributed by atoms with Gasteiger partial charge < -0.3 is 9.84 Å². The van der Waals surface area contributed by atoms with Gasteiger partial charge in [0.2, 0.25) is 0 Å². The minimum atomic E-state index is -0.888. The van der Waals surface area contributed by atoms with Crippen LogP contribution in [0.25, 0.3) is 0 Å². The zero-order chi connectivity index (χ0) is 10.7. The summed E-state index contributed by atoms with van der Waals surface area (Å²) in [6.07, 6.45) is 1.64. The van der Waals surface area contributed by atoms with Crippen molar-refractivity contribution in [2.24, 2.45) is 0 Å². The smallest absolute Gasteiger partial charge is 0.347 e. The first-order valence-corrected chi connectivity index (χ1v) is 5.51. The number of aromatic carboxylic acids is 1. The first kappa shape index (κ1) is 10.5. The zero-order valence-corrected chi connectivity index (χ0v) is 9.00. The van der Waals surface area contributed by atoms with Gasteiger partial charge in [0, 0.05) is 31.4 Å². The minimum absolute atomic E-state index is 0.349. The highest BCUT2D eigenvalue weighted by Gasteiger charge is 2.17. The van der Waals surface area contributed by atoms with Gasteiger partial charge in [-0.05, 0) is 11.5 Å². The van der Waals surface area contributed by atoms with Crippen molar-refractivity contribution in [3.63, 3.8) is 0 Å². The molecule has 0 aliphatic carbocycles. The van der Waals surface area contributed by atoms with E-state index < -0.39 is 5.97 Å². The van der Waals surface area contributed by atoms with Crippen LogP contribution in [-0.2, 0) is 11.3 Å². The summed E-state index contributed by atoms with van der Waals surface area (Å²) in [4.78, 5) is 13.4. The number of carboxylic acids is 1. The van der Waals surface area contributed by atoms with Gasteiger partial charge in [0.15, 0.2) is 0 Å². The first-order chi connectivity index (χ1) is 7.27. The predicted molar refractivity (Wildman–Crippen MR) is 55.2 cm³/mol. The quantitative estimate of drug-likeness (QED) is 0.824. The van der Waals surface area contributed by atoms with Gasteiger partial charge in [-0.25, -0.2) is 4.79 Å². The van der Waals surface area contributed by atoms with Crippen molar-refractivity contribution in [2.75, 3.05) is 26.3 Å². The number of hydrogen-bond acceptors (Lipinski definition) is 5. The van der Waals surface area contributed by atoms with Crippen LogP contribution < -0.4 is 0 Å². The Hall–Kier alpha value is -0.980. The largest absolute Gasteiger partial charge is 0.477 e. The second-order valence-corrected chi connectivity index (χ2v) is 4.18. The van der Waals surface area contributed by atoms with E-state index in [1.165, 1.54) is 0 Å². The molecule has 0 unspecified atom stereocenters. The zero-order valence-electron chi connectivity index (χ0n) is 8.18. The van der Waals surface area contributed by atoms with E-state index in [1.807, 2.05) is 0 Å². The maximum atomic E-state index is 10.9. The molecule has 1 aromatic rings. The third kappa shape index (κ3) is 2.53. The van der Waals surface area contributed by atoms with Crippen molar-refractivity contribution < 1.29 is 14.6 Å². The molecule has 1 saturated heterocycles. The molecule has 6 heteroatoms. The number of rotatable bonds is 3. The molecule has 15 heavy (non-hydrogen) atoms. The Balaban J connectivity index is 2.03. The molecular formula is C9H12N2O3S. The maximum absolute atomic E-state index is 10.9. The predicted octanol–water partition coefficient (Wildman–Crippen LogP) is 0.673. The summed E-state index contributed by atoms with van der Waals surface area (Å²) in [6, 6.07) is 0. The van der Waals surface area contributed by atoms with Crippen LogP contribution in [0, 0.1) is 0 Å². The highest BCUT2D eigenvalue weighted by molar-refractivity contribution is 7.08. The molecular weight excluding hydrogens is 216 g/mol. The van der Waals surface area contributed by atoms with Crippen LogP contribution in [0.4, 0.5) is 0 Å². The van der Waals surface area contributed by atoms with E-state index in [4.69, 9.17) is 9.84 Å². The first-order valence-electron chi connectivity index (χ1n) is 4.74. The molecule has 2 heterocycles. The number of carbonyl (C=O) groups is 1. The highest BCUT2D eigenvalue weighted by Crippen LogP contribution is 2.16. The van der Waals surface area contributed by atoms with E-state index >= 15 is 0 Å². The van der Waals surface area contributed by atoms with Crippen LogP contribution in [0.15, 0.2) is 6.20 Å². The monoisotopic (exact) mass is 228 g/mol. The van der Waals surface area contributed by atoms with E-state index in [1.54, 1.807) is 6.20 Å². The Morgan fingerprint density at radius 3 is 3.00 bits per heavy atom. The normalized spacial score (nSPS) is 17.9. The average molecular weight is 228 g/mol. The fourth-order valence-electron chi connectivity index (χ4n) is 1.55. The maximum Gasteiger partial charge on any atom is 0.347 e. The van der Waals surface area contributed by atoms with Crippen LogP contribution in [0.1, 0.15) is 15.2 Å². The van der Waals surface area contributed by atoms with Gasteiger partial charge in [-0.3, -0.25) is 4.90 Å². The molecule has 0 saturated carbocycles. The third-order valence-electron chi connectivity index (χ3n) is 2.34. The number of aromatic nitrogens is 1. The highest BCUT2D eigenvalue weighted by atomic mass is 32.1. The van der Waals surface area contributed by atoms with E-state index in [0.29, 0.717) is 11.4 Å². The number of morpholine rings is 1. The van der Waals surface area contributed by atoms with Gasteiger partial charge in [0.1, 0.15) is 4.88 Å². The van der Waals surface area contributed by atoms with Crippen LogP contribution in [0.3, 0.4) is 0 Å². The molecule has 1 N–H and O–H groups in total. The molecule has 0 spiro atoms. The Bertz CT molecular complexity index is 347. The Morgan fingerprint density at radius 1 is 1.60 bits per heavy atom. The molecule has 2 rings (SSSR count). The molecule has 1 aromatic heterocycles. The molecule has 0 bridgehead atoms. The van der Waals surface area contributed by atoms with E-state index in [-0.39, 0.29) is 0 Å². The lowest BCUT2D eigenvalue weighted by Crippen LogP contribution is -2.35. The molecule has 0 aromatic carbocycles. The lowest BCUT2D eigenvalue weighted by atomic mass is 10.2. The second-order valence-electron chi connectivity index (χ2n) is 3.37. The SMILES string of the molecule is O=C(O)c1sncc1CN1CCOCC1. The van der Waals surface area contributed by atoms with E-state index in [2.05, 4.69) is 9.27 Å². The lowest BCUT2D eigenvalue weighted by Gasteiger charge is -2.26. The Labute approximate surface area is 91.4 Å². The number of carboxylic acid groups (broad SMARTS) is 1. The van der Waals surface area contributed by atoms with Crippen LogP contribution in [0.2, 0.25) is 0 Å². The summed E-state index contributed by atoms with van der Waals surface area (Å²) in [6.45, 7) is 3.81. The molecule has 0 radical (unpaired) electrons. The Morgan fingerprint density at radius 2 is 2.33 bits per heavy atom. The summed E-state index contributed by atoms with van der Waals surface area (Å²) in [5.74, 6) is -0.888. The molecule has 1 fully saturated rings. The van der Waals surface area contributed by atoms with E-state index in [9.17, 15) is 4.79 Å². The van der Waals surface area contributed by atoms with Gasteiger partial charge in [0.25, 0.3) is 0 Å². The Kier molecular flexibility index (Phi) is 3.30. The van der Waals surface area contributed by atoms with Gasteiger partial charge in [-0.15, -0.1) is 0 Å². The fourth-order valence-corrected chi connectivity index (χ4v) is 2.15. The molecule has 82 valence electrons. The van der Waals surface area contributed by atoms with Crippen LogP contribution in [0.5, 0.6) is 0 Å². The van der Waals surface area contributed by atoms with Gasteiger partial charge >= 0.3 is 5.97 Å². The summed E-state index contributed by atoms with van der Waals surface area (Å²) >= 11 is 1.04. The fraction of sp³-hybridized carbons (Fsp3) is 0.556. The number of hydrogen-bond donors (Lipinski definition) is 1. The standard InChI is InChI=1S/C9H12N2O3S/c12-9(13)8-7(5-10-15-8)6-11-1-3-14-4-2-11/h5H,1-4,6H2,(H,12,13). The van der Waals surface area contributed by atoms with Crippen LogP contribution in [-0.4, -0.2) is 46.7 Å². The second kappa shape index (κ2) is 4.69. The summed E-state index contributed by atoms with van der Waals surface area (Å²) in [5, 5.41) is 8.91. The summed E-state index contributed by atoms with van der Waals surface area (Å²) in [7, 11) is 0. The third-order valence-corrected chi connectivity index (χ3v) is 3.17. The van der Waals surface area contributed by atoms with Crippen molar-refractivity contribution in [2.45, 2.75) is 6.54 Å². The molecule has 5 nitrogen and oxygen atoms in total. The van der Waals surface area contributed by atoms with Crippen molar-refractivity contribution in [1.29, 1.82) is 0 Å². The number of nitrogens with zero attached hydrogens (tertiary/aromatic N) is 2. The minimum Gasteiger partial charge on any atom is -0.477 e. The summed E-state index contributed by atoms with van der Waals surface area (Å²) < 4.78 is 9.14. The van der Waals surface area contributed by atoms with Gasteiger partial charge in [-0.1, -0.05) is 0 Å². The molecule has 1 aliphatic heterocycles. The van der Waals surface area contributed by atoms with E-state index in [0.717, 1.165) is 43.4 Å². The number of ether oxygens (including phenoxy) is 1. The van der Waals surface area contributed by atoms with Gasteiger partial charge in [0.05, 0.1) is 13.2 Å². The van der Waals surface area contributed by atoms with Crippen molar-refractivity contribution in [3.8, 4) is 0 Å². The topological polar surface area (TPSA) is 62.7 Å². The van der Waals surface area contributed by atoms with Crippen molar-refractivity contribution in [1.82, 2.24) is 9.27 Å². The molecule has 0 atom stereocenters. The molecule has 1 aliphatic rings. The van der Waals surface area contributed by atoms with Gasteiger partial charge in [-0.2, -0.15) is 4.37 Å². The van der Waals surface area contributed by atoms with Crippen molar-refractivity contribution >= 4 is 17.5 Å².